The van der Waals surface area contributed by atoms with E-state index in [4.69, 9.17) is 19.7 Å². The minimum absolute atomic E-state index is 0. The fraction of sp³-hybridized carbons (Fsp3) is 0.950. The smallest absolute Gasteiger partial charge is 0.187 e. The van der Waals surface area contributed by atoms with E-state index in [1.54, 1.807) is 13.8 Å². The molecule has 15 atom stereocenters. The summed E-state index contributed by atoms with van der Waals surface area (Å²) in [7, 11) is 0. The molecular formula is C40H76O11. The largest absolute Gasteiger partial charge is 0.412 e. The number of ether oxygens (including phenoxy) is 2. The van der Waals surface area contributed by atoms with Gasteiger partial charge in [0.25, 0.3) is 0 Å². The summed E-state index contributed by atoms with van der Waals surface area (Å²) < 4.78 is 12.6. The Labute approximate surface area is 307 Å². The van der Waals surface area contributed by atoms with Gasteiger partial charge in [0.15, 0.2) is 6.29 Å². The van der Waals surface area contributed by atoms with Crippen LogP contribution in [0.3, 0.4) is 0 Å². The maximum Gasteiger partial charge on any atom is 0.187 e. The Morgan fingerprint density at radius 1 is 0.804 bits per heavy atom. The van der Waals surface area contributed by atoms with Gasteiger partial charge in [-0.1, -0.05) is 46.3 Å². The first-order valence-corrected chi connectivity index (χ1v) is 19.4. The number of aliphatic hydroxyl groups is 8. The average molecular weight is 733 g/mol. The molecule has 0 radical (unpaired) electrons. The van der Waals surface area contributed by atoms with Gasteiger partial charge in [-0.3, -0.25) is 0 Å². The van der Waals surface area contributed by atoms with Gasteiger partial charge in [-0.05, 0) is 138 Å². The average Bonchev–Trinajstić information content (AvgIpc) is 3.42. The van der Waals surface area contributed by atoms with Crippen LogP contribution in [-0.2, 0) is 9.47 Å². The number of fused-ring (bicyclic) bond motifs is 5. The summed E-state index contributed by atoms with van der Waals surface area (Å²) in [5.74, 6) is 0.713. The van der Waals surface area contributed by atoms with E-state index in [-0.39, 0.29) is 58.3 Å². The van der Waals surface area contributed by atoms with Crippen molar-refractivity contribution >= 4 is 0 Å². The third-order valence-corrected chi connectivity index (χ3v) is 14.6. The lowest BCUT2D eigenvalue weighted by Gasteiger charge is -2.70. The Balaban J connectivity index is 0.00000120. The zero-order chi connectivity index (χ0) is 38.0. The van der Waals surface area contributed by atoms with Crippen LogP contribution in [0.15, 0.2) is 11.6 Å². The van der Waals surface area contributed by atoms with Gasteiger partial charge in [0.1, 0.15) is 24.4 Å². The SMILES string of the molecule is CC(C)=CCC[C@](C)(O[C@@H]1O[C@H](CO)[C@@H](O)[C@H](O)[C@H]1O)[C@H]1CC[C@]2(C)[C@@H]1[C@H](O)C[C@@H]1[C@@]3(C)CC[C@H](O)C(C)(C)[C@@H]3CC[C@]12C.CCO.CCO.O. The summed E-state index contributed by atoms with van der Waals surface area (Å²) in [5, 5.41) is 80.1. The van der Waals surface area contributed by atoms with Crippen LogP contribution in [0.4, 0.5) is 0 Å². The Bertz CT molecular complexity index is 1110. The van der Waals surface area contributed by atoms with E-state index in [1.165, 1.54) is 5.57 Å². The first kappa shape index (κ1) is 46.5. The third-order valence-electron chi connectivity index (χ3n) is 14.6. The lowest BCUT2D eigenvalue weighted by atomic mass is 9.35. The molecule has 4 saturated carbocycles. The molecule has 51 heavy (non-hydrogen) atoms. The van der Waals surface area contributed by atoms with Crippen molar-refractivity contribution in [3.63, 3.8) is 0 Å². The van der Waals surface area contributed by atoms with Crippen molar-refractivity contribution in [3.05, 3.63) is 11.6 Å². The van der Waals surface area contributed by atoms with Gasteiger partial charge in [-0.2, -0.15) is 0 Å². The van der Waals surface area contributed by atoms with Crippen LogP contribution in [-0.4, -0.2) is 115 Å². The van der Waals surface area contributed by atoms with Crippen LogP contribution in [0.25, 0.3) is 0 Å². The van der Waals surface area contributed by atoms with Crippen molar-refractivity contribution in [1.29, 1.82) is 0 Å². The topological polar surface area (TPSA) is 212 Å². The standard InChI is InChI=1S/C36H62O8.2C2H6O.H2O/c1-20(2)10-9-14-36(8,44-31-30(42)29(41)28(40)23(19-37)43-31)21-11-16-35(7)27(21)22(38)18-25-33(5)15-13-26(39)32(3,4)24(33)12-17-34(25,35)6;2*1-2-3;/h10,21-31,37-42H,9,11-19H2,1-8H3;2*3H,2H2,1H3;1H2/t21-,22+,23+,24-,25+,26-,27-,28+,29-,30+,31-,33-,34+,35+,36-;;;/m0.../s1. The lowest BCUT2D eigenvalue weighted by molar-refractivity contribution is -0.336. The van der Waals surface area contributed by atoms with Crippen LogP contribution in [0.2, 0.25) is 0 Å². The molecule has 0 unspecified atom stereocenters. The van der Waals surface area contributed by atoms with E-state index < -0.39 is 49.0 Å². The normalized spacial score (nSPS) is 45.1. The van der Waals surface area contributed by atoms with E-state index in [0.717, 1.165) is 51.4 Å². The molecule has 0 aromatic carbocycles. The minimum atomic E-state index is -1.50. The van der Waals surface area contributed by atoms with Crippen molar-refractivity contribution in [2.75, 3.05) is 19.8 Å². The van der Waals surface area contributed by atoms with Gasteiger partial charge in [0.05, 0.1) is 24.4 Å². The fourth-order valence-electron chi connectivity index (χ4n) is 11.8. The number of hydrogen-bond acceptors (Lipinski definition) is 10. The molecule has 0 bridgehead atoms. The molecule has 4 aliphatic carbocycles. The van der Waals surface area contributed by atoms with E-state index in [0.29, 0.717) is 18.3 Å². The summed E-state index contributed by atoms with van der Waals surface area (Å²) in [5.41, 5.74) is 0.171. The monoisotopic (exact) mass is 733 g/mol. The highest BCUT2D eigenvalue weighted by atomic mass is 16.7. The number of rotatable bonds is 7. The minimum Gasteiger partial charge on any atom is -0.412 e. The molecule has 1 saturated heterocycles. The Morgan fingerprint density at radius 2 is 1.37 bits per heavy atom. The summed E-state index contributed by atoms with van der Waals surface area (Å²) >= 11 is 0. The van der Waals surface area contributed by atoms with E-state index >= 15 is 0 Å². The summed E-state index contributed by atoms with van der Waals surface area (Å²) in [6, 6.07) is 0. The molecule has 1 heterocycles. The summed E-state index contributed by atoms with van der Waals surface area (Å²) in [6.45, 7) is 21.4. The van der Waals surface area contributed by atoms with E-state index in [1.807, 2.05) is 0 Å². The predicted octanol–water partition coefficient (Wildman–Crippen LogP) is 3.50. The van der Waals surface area contributed by atoms with Gasteiger partial charge in [-0.25, -0.2) is 0 Å². The summed E-state index contributed by atoms with van der Waals surface area (Å²) in [4.78, 5) is 0. The maximum atomic E-state index is 12.2. The molecule has 5 fully saturated rings. The maximum absolute atomic E-state index is 12.2. The third kappa shape index (κ3) is 8.44. The number of aliphatic hydroxyl groups excluding tert-OH is 8. The lowest BCUT2D eigenvalue weighted by Crippen LogP contribution is -2.67. The van der Waals surface area contributed by atoms with Crippen LogP contribution in [0, 0.1) is 45.3 Å². The van der Waals surface area contributed by atoms with Crippen molar-refractivity contribution in [2.24, 2.45) is 45.3 Å². The molecule has 0 aromatic rings. The highest BCUT2D eigenvalue weighted by molar-refractivity contribution is 5.20. The van der Waals surface area contributed by atoms with Gasteiger partial charge in [-0.15, -0.1) is 0 Å². The van der Waals surface area contributed by atoms with Gasteiger partial charge in [0.2, 0.25) is 0 Å². The Morgan fingerprint density at radius 3 is 1.92 bits per heavy atom. The Hall–Kier alpha value is -0.700. The molecule has 1 aliphatic heterocycles. The molecule has 11 heteroatoms. The second kappa shape index (κ2) is 17.8. The van der Waals surface area contributed by atoms with Crippen molar-refractivity contribution in [1.82, 2.24) is 0 Å². The number of hydrogen-bond donors (Lipinski definition) is 8. The van der Waals surface area contributed by atoms with Crippen molar-refractivity contribution in [3.8, 4) is 0 Å². The van der Waals surface area contributed by atoms with Gasteiger partial charge >= 0.3 is 0 Å². The highest BCUT2D eigenvalue weighted by Crippen LogP contribution is 2.76. The van der Waals surface area contributed by atoms with Crippen LogP contribution < -0.4 is 0 Å². The fourth-order valence-corrected chi connectivity index (χ4v) is 11.8. The first-order chi connectivity index (χ1) is 23.2. The van der Waals surface area contributed by atoms with Crippen molar-refractivity contribution in [2.45, 2.75) is 176 Å². The second-order valence-corrected chi connectivity index (χ2v) is 17.9. The zero-order valence-electron chi connectivity index (χ0n) is 33.3. The molecule has 5 rings (SSSR count). The van der Waals surface area contributed by atoms with E-state index in [9.17, 15) is 30.6 Å². The molecule has 11 nitrogen and oxygen atoms in total. The molecule has 5 aliphatic rings. The van der Waals surface area contributed by atoms with Crippen LogP contribution >= 0.6 is 0 Å². The van der Waals surface area contributed by atoms with Gasteiger partial charge < -0.3 is 55.8 Å². The highest BCUT2D eigenvalue weighted by Gasteiger charge is 2.71. The molecule has 0 aromatic heterocycles. The second-order valence-electron chi connectivity index (χ2n) is 17.9. The molecule has 0 amide bonds. The van der Waals surface area contributed by atoms with Gasteiger partial charge in [0, 0.05) is 13.2 Å². The summed E-state index contributed by atoms with van der Waals surface area (Å²) in [6.07, 6.45) is 2.60. The molecular weight excluding hydrogens is 656 g/mol. The first-order valence-electron chi connectivity index (χ1n) is 19.4. The van der Waals surface area contributed by atoms with Crippen LogP contribution in [0.5, 0.6) is 0 Å². The van der Waals surface area contributed by atoms with Crippen LogP contribution in [0.1, 0.15) is 127 Å². The quantitative estimate of drug-likeness (QED) is 0.179. The predicted molar refractivity (Wildman–Crippen MR) is 197 cm³/mol. The van der Waals surface area contributed by atoms with Crippen molar-refractivity contribution < 1.29 is 55.8 Å². The number of allylic oxidation sites excluding steroid dienone is 2. The molecule has 10 N–H and O–H groups in total. The molecule has 302 valence electrons. The zero-order valence-corrected chi connectivity index (χ0v) is 33.3. The van der Waals surface area contributed by atoms with E-state index in [2.05, 4.69) is 61.5 Å². The molecule has 0 spiro atoms. The Kier molecular flexibility index (Phi) is 16.2.